The molecule has 6 nitrogen and oxygen atoms in total. The Morgan fingerprint density at radius 1 is 1.10 bits per heavy atom. The standard InChI is InChI=1S/C21H15ClN4O2S/c1-12-15(20-25-18-17(28-20)6-3-11-23-18)4-2-5-16(12)24-21(29)26-19(27)13-7-9-14(22)10-8-13/h2-11H,1H3,(H2,24,26,27,29). The molecule has 4 aromatic rings. The number of carbonyl (C=O) groups excluding carboxylic acids is 1. The number of halogens is 1. The van der Waals surface area contributed by atoms with Crippen LogP contribution < -0.4 is 10.6 Å². The topological polar surface area (TPSA) is 80.0 Å². The third-order valence-corrected chi connectivity index (χ3v) is 4.77. The highest BCUT2D eigenvalue weighted by atomic mass is 35.5. The van der Waals surface area contributed by atoms with E-state index in [9.17, 15) is 4.79 Å². The third kappa shape index (κ3) is 4.11. The molecule has 8 heteroatoms. The molecule has 29 heavy (non-hydrogen) atoms. The maximum absolute atomic E-state index is 12.3. The van der Waals surface area contributed by atoms with Gasteiger partial charge in [-0.3, -0.25) is 10.1 Å². The second kappa shape index (κ2) is 7.98. The van der Waals surface area contributed by atoms with Crippen molar-refractivity contribution in [2.75, 3.05) is 5.32 Å². The summed E-state index contributed by atoms with van der Waals surface area (Å²) in [6.45, 7) is 1.92. The Morgan fingerprint density at radius 3 is 2.66 bits per heavy atom. The smallest absolute Gasteiger partial charge is 0.257 e. The molecule has 0 aliphatic carbocycles. The van der Waals surface area contributed by atoms with E-state index in [0.29, 0.717) is 27.7 Å². The minimum Gasteiger partial charge on any atom is -0.434 e. The van der Waals surface area contributed by atoms with Gasteiger partial charge in [0.15, 0.2) is 16.3 Å². The number of anilines is 1. The molecular formula is C21H15ClN4O2S. The van der Waals surface area contributed by atoms with E-state index in [1.165, 1.54) is 0 Å². The molecule has 0 bridgehead atoms. The number of hydrogen-bond acceptors (Lipinski definition) is 5. The van der Waals surface area contributed by atoms with Gasteiger partial charge in [-0.1, -0.05) is 17.7 Å². The number of thiocarbonyl (C=S) groups is 1. The van der Waals surface area contributed by atoms with Gasteiger partial charge in [0.1, 0.15) is 0 Å². The van der Waals surface area contributed by atoms with E-state index in [2.05, 4.69) is 20.6 Å². The summed E-state index contributed by atoms with van der Waals surface area (Å²) in [6.07, 6.45) is 1.67. The Bertz CT molecular complexity index is 1190. The number of aromatic nitrogens is 2. The number of fused-ring (bicyclic) bond motifs is 1. The van der Waals surface area contributed by atoms with Gasteiger partial charge in [0.25, 0.3) is 5.91 Å². The molecule has 2 N–H and O–H groups in total. The molecule has 0 saturated carbocycles. The number of carbonyl (C=O) groups is 1. The van der Waals surface area contributed by atoms with Crippen LogP contribution in [0.4, 0.5) is 5.69 Å². The SMILES string of the molecule is Cc1c(NC(=S)NC(=O)c2ccc(Cl)cc2)cccc1-c1nc2ncccc2o1. The molecule has 144 valence electrons. The largest absolute Gasteiger partial charge is 0.434 e. The quantitative estimate of drug-likeness (QED) is 0.453. The highest BCUT2D eigenvalue weighted by Crippen LogP contribution is 2.29. The van der Waals surface area contributed by atoms with Gasteiger partial charge in [-0.2, -0.15) is 4.98 Å². The number of nitrogens with one attached hydrogen (secondary N) is 2. The molecule has 2 heterocycles. The van der Waals surface area contributed by atoms with Crippen molar-refractivity contribution in [1.82, 2.24) is 15.3 Å². The summed E-state index contributed by atoms with van der Waals surface area (Å²) in [5.41, 5.74) is 4.04. The Balaban J connectivity index is 1.53. The highest BCUT2D eigenvalue weighted by Gasteiger charge is 2.14. The van der Waals surface area contributed by atoms with Gasteiger partial charge in [-0.25, -0.2) is 4.98 Å². The molecule has 0 aliphatic heterocycles. The zero-order valence-electron chi connectivity index (χ0n) is 15.3. The van der Waals surface area contributed by atoms with Crippen LogP contribution in [0.15, 0.2) is 65.2 Å². The van der Waals surface area contributed by atoms with Gasteiger partial charge in [0.05, 0.1) is 0 Å². The average Bonchev–Trinajstić information content (AvgIpc) is 3.14. The fourth-order valence-corrected chi connectivity index (χ4v) is 3.15. The molecule has 0 saturated heterocycles. The molecule has 0 radical (unpaired) electrons. The molecule has 0 fully saturated rings. The van der Waals surface area contributed by atoms with Crippen LogP contribution in [0.1, 0.15) is 15.9 Å². The van der Waals surface area contributed by atoms with E-state index in [-0.39, 0.29) is 11.0 Å². The highest BCUT2D eigenvalue weighted by molar-refractivity contribution is 7.80. The lowest BCUT2D eigenvalue weighted by molar-refractivity contribution is 0.0977. The minimum absolute atomic E-state index is 0.185. The maximum atomic E-state index is 12.3. The van der Waals surface area contributed by atoms with Crippen LogP contribution >= 0.6 is 23.8 Å². The van der Waals surface area contributed by atoms with Gasteiger partial charge in [0, 0.05) is 28.0 Å². The summed E-state index contributed by atoms with van der Waals surface area (Å²) in [4.78, 5) is 21.0. The van der Waals surface area contributed by atoms with Crippen molar-refractivity contribution in [3.05, 3.63) is 76.9 Å². The Kier molecular flexibility index (Phi) is 5.24. The molecule has 2 aromatic carbocycles. The molecular weight excluding hydrogens is 408 g/mol. The van der Waals surface area contributed by atoms with E-state index in [1.807, 2.05) is 31.2 Å². The predicted molar refractivity (Wildman–Crippen MR) is 117 cm³/mol. The Morgan fingerprint density at radius 2 is 1.90 bits per heavy atom. The molecule has 0 unspecified atom stereocenters. The van der Waals surface area contributed by atoms with Crippen LogP contribution in [0.3, 0.4) is 0 Å². The van der Waals surface area contributed by atoms with E-state index in [1.54, 1.807) is 36.5 Å². The van der Waals surface area contributed by atoms with E-state index >= 15 is 0 Å². The van der Waals surface area contributed by atoms with E-state index in [4.69, 9.17) is 28.2 Å². The zero-order valence-corrected chi connectivity index (χ0v) is 16.8. The lowest BCUT2D eigenvalue weighted by atomic mass is 10.1. The van der Waals surface area contributed by atoms with Crippen LogP contribution in [0.5, 0.6) is 0 Å². The predicted octanol–water partition coefficient (Wildman–Crippen LogP) is 4.98. The first kappa shape index (κ1) is 19.0. The van der Waals surface area contributed by atoms with Crippen molar-refractivity contribution in [3.8, 4) is 11.5 Å². The van der Waals surface area contributed by atoms with Crippen molar-refractivity contribution in [2.45, 2.75) is 6.92 Å². The van der Waals surface area contributed by atoms with E-state index < -0.39 is 0 Å². The molecule has 0 aliphatic rings. The fourth-order valence-electron chi connectivity index (χ4n) is 2.82. The second-order valence-electron chi connectivity index (χ2n) is 6.24. The monoisotopic (exact) mass is 422 g/mol. The number of rotatable bonds is 3. The van der Waals surface area contributed by atoms with Crippen molar-refractivity contribution in [3.63, 3.8) is 0 Å². The third-order valence-electron chi connectivity index (χ3n) is 4.31. The maximum Gasteiger partial charge on any atom is 0.257 e. The minimum atomic E-state index is -0.321. The summed E-state index contributed by atoms with van der Waals surface area (Å²) >= 11 is 11.1. The van der Waals surface area contributed by atoms with Crippen molar-refractivity contribution in [1.29, 1.82) is 0 Å². The van der Waals surface area contributed by atoms with E-state index in [0.717, 1.165) is 16.8 Å². The molecule has 1 amide bonds. The normalized spacial score (nSPS) is 10.7. The fraction of sp³-hybridized carbons (Fsp3) is 0.0476. The van der Waals surface area contributed by atoms with Crippen LogP contribution in [0.2, 0.25) is 5.02 Å². The summed E-state index contributed by atoms with van der Waals surface area (Å²) < 4.78 is 5.81. The lowest BCUT2D eigenvalue weighted by Crippen LogP contribution is -2.34. The summed E-state index contributed by atoms with van der Waals surface area (Å²) in [5.74, 6) is 0.147. The van der Waals surface area contributed by atoms with Crippen molar-refractivity contribution in [2.24, 2.45) is 0 Å². The summed E-state index contributed by atoms with van der Waals surface area (Å²) in [7, 11) is 0. The number of benzene rings is 2. The number of amides is 1. The number of hydrogen-bond donors (Lipinski definition) is 2. The Labute approximate surface area is 176 Å². The van der Waals surface area contributed by atoms with Crippen LogP contribution in [0.25, 0.3) is 22.7 Å². The molecule has 0 spiro atoms. The van der Waals surface area contributed by atoms with Gasteiger partial charge in [0.2, 0.25) is 5.89 Å². The van der Waals surface area contributed by atoms with Gasteiger partial charge < -0.3 is 9.73 Å². The van der Waals surface area contributed by atoms with Gasteiger partial charge in [-0.15, -0.1) is 0 Å². The summed E-state index contributed by atoms with van der Waals surface area (Å²) in [5, 5.41) is 6.46. The van der Waals surface area contributed by atoms with Gasteiger partial charge >= 0.3 is 0 Å². The van der Waals surface area contributed by atoms with Crippen molar-refractivity contribution >= 4 is 51.8 Å². The first-order valence-electron chi connectivity index (χ1n) is 8.71. The van der Waals surface area contributed by atoms with Crippen molar-refractivity contribution < 1.29 is 9.21 Å². The van der Waals surface area contributed by atoms with Crippen LogP contribution in [-0.2, 0) is 0 Å². The lowest BCUT2D eigenvalue weighted by Gasteiger charge is -2.13. The molecule has 4 rings (SSSR count). The number of oxazole rings is 1. The van der Waals surface area contributed by atoms with Crippen LogP contribution in [0, 0.1) is 6.92 Å². The summed E-state index contributed by atoms with van der Waals surface area (Å²) in [6, 6.07) is 15.8. The zero-order chi connectivity index (χ0) is 20.4. The second-order valence-corrected chi connectivity index (χ2v) is 7.08. The first-order valence-corrected chi connectivity index (χ1v) is 9.49. The number of nitrogens with zero attached hydrogens (tertiary/aromatic N) is 2. The Hall–Kier alpha value is -3.29. The number of pyridine rings is 1. The van der Waals surface area contributed by atoms with Crippen LogP contribution in [-0.4, -0.2) is 21.0 Å². The van der Waals surface area contributed by atoms with Gasteiger partial charge in [-0.05, 0) is 73.2 Å². The first-order chi connectivity index (χ1) is 14.0. The molecule has 0 atom stereocenters. The molecule has 2 aromatic heterocycles. The average molecular weight is 423 g/mol.